The van der Waals surface area contributed by atoms with Crippen LogP contribution in [0.5, 0.6) is 0 Å². The van der Waals surface area contributed by atoms with E-state index in [1.54, 1.807) is 6.20 Å². The Kier molecular flexibility index (Phi) is 2.04. The highest BCUT2D eigenvalue weighted by atomic mass is 32.1. The number of benzene rings is 1. The molecule has 2 aromatic rings. The van der Waals surface area contributed by atoms with Crippen LogP contribution in [0.2, 0.25) is 0 Å². The van der Waals surface area contributed by atoms with Crippen molar-refractivity contribution in [3.05, 3.63) is 42.4 Å². The van der Waals surface area contributed by atoms with Gasteiger partial charge in [-0.3, -0.25) is 0 Å². The first kappa shape index (κ1) is 9.23. The van der Waals surface area contributed by atoms with Gasteiger partial charge in [0.05, 0.1) is 16.9 Å². The number of hydrogen-bond donors (Lipinski definition) is 2. The first-order valence-electron chi connectivity index (χ1n) is 4.82. The molecule has 1 aromatic carbocycles. The molecule has 0 amide bonds. The quantitative estimate of drug-likeness (QED) is 0.678. The van der Waals surface area contributed by atoms with E-state index in [0.29, 0.717) is 4.99 Å². The first-order valence-corrected chi connectivity index (χ1v) is 5.23. The highest BCUT2D eigenvalue weighted by Crippen LogP contribution is 2.29. The van der Waals surface area contributed by atoms with Crippen LogP contribution >= 0.6 is 12.2 Å². The van der Waals surface area contributed by atoms with Gasteiger partial charge in [-0.25, -0.2) is 9.97 Å². The van der Waals surface area contributed by atoms with E-state index in [-0.39, 0.29) is 0 Å². The summed E-state index contributed by atoms with van der Waals surface area (Å²) < 4.78 is 0. The van der Waals surface area contributed by atoms with Crippen molar-refractivity contribution >= 4 is 34.4 Å². The minimum Gasteiger partial charge on any atom is -0.344 e. The zero-order valence-electron chi connectivity index (χ0n) is 8.27. The maximum atomic E-state index is 5.29. The predicted octanol–water partition coefficient (Wildman–Crippen LogP) is 2.32. The van der Waals surface area contributed by atoms with Crippen molar-refractivity contribution in [2.45, 2.75) is 0 Å². The zero-order valence-corrected chi connectivity index (χ0v) is 9.08. The molecule has 78 valence electrons. The molecule has 1 aliphatic heterocycles. The average molecular weight is 228 g/mol. The summed E-state index contributed by atoms with van der Waals surface area (Å²) in [4.78, 5) is 8.79. The van der Waals surface area contributed by atoms with Gasteiger partial charge in [0.15, 0.2) is 0 Å². The number of para-hydroxylation sites is 2. The van der Waals surface area contributed by atoms with E-state index in [1.807, 2.05) is 24.3 Å². The van der Waals surface area contributed by atoms with Gasteiger partial charge in [-0.1, -0.05) is 24.4 Å². The van der Waals surface area contributed by atoms with E-state index < -0.39 is 0 Å². The SMILES string of the molecule is S=C1Nc2ccccc2Nc2ncncc21. The minimum atomic E-state index is 0.632. The fourth-order valence-electron chi connectivity index (χ4n) is 1.61. The van der Waals surface area contributed by atoms with Crippen LogP contribution in [0.15, 0.2) is 36.8 Å². The van der Waals surface area contributed by atoms with Crippen molar-refractivity contribution < 1.29 is 0 Å². The summed E-state index contributed by atoms with van der Waals surface area (Å²) in [5.41, 5.74) is 2.72. The average Bonchev–Trinajstić information content (AvgIpc) is 2.45. The molecule has 0 saturated heterocycles. The maximum Gasteiger partial charge on any atom is 0.144 e. The molecule has 16 heavy (non-hydrogen) atoms. The van der Waals surface area contributed by atoms with E-state index in [0.717, 1.165) is 22.8 Å². The summed E-state index contributed by atoms with van der Waals surface area (Å²) in [7, 11) is 0. The molecule has 2 N–H and O–H groups in total. The van der Waals surface area contributed by atoms with Crippen molar-refractivity contribution in [1.29, 1.82) is 0 Å². The molecule has 0 aliphatic carbocycles. The van der Waals surface area contributed by atoms with Gasteiger partial charge in [-0.2, -0.15) is 0 Å². The van der Waals surface area contributed by atoms with Crippen LogP contribution in [0.25, 0.3) is 0 Å². The van der Waals surface area contributed by atoms with E-state index in [1.165, 1.54) is 6.33 Å². The standard InChI is InChI=1S/C11H8N4S/c16-11-7-5-12-6-13-10(7)14-8-3-1-2-4-9(8)15-11/h1-6H,(H,15,16)(H,12,13,14). The van der Waals surface area contributed by atoms with E-state index in [2.05, 4.69) is 20.6 Å². The van der Waals surface area contributed by atoms with Crippen LogP contribution in [-0.4, -0.2) is 15.0 Å². The Morgan fingerprint density at radius 3 is 2.62 bits per heavy atom. The maximum absolute atomic E-state index is 5.29. The van der Waals surface area contributed by atoms with Gasteiger partial charge in [0, 0.05) is 6.20 Å². The van der Waals surface area contributed by atoms with Gasteiger partial charge in [0.1, 0.15) is 17.1 Å². The number of hydrogen-bond acceptors (Lipinski definition) is 4. The predicted molar refractivity (Wildman–Crippen MR) is 67.1 cm³/mol. The number of rotatable bonds is 0. The van der Waals surface area contributed by atoms with Crippen molar-refractivity contribution in [2.24, 2.45) is 0 Å². The van der Waals surface area contributed by atoms with Crippen LogP contribution in [0.4, 0.5) is 17.2 Å². The topological polar surface area (TPSA) is 49.8 Å². The third-order valence-electron chi connectivity index (χ3n) is 2.39. The van der Waals surface area contributed by atoms with Crippen LogP contribution in [0.3, 0.4) is 0 Å². The lowest BCUT2D eigenvalue weighted by atomic mass is 10.2. The van der Waals surface area contributed by atoms with Gasteiger partial charge in [-0.15, -0.1) is 0 Å². The van der Waals surface area contributed by atoms with Gasteiger partial charge >= 0.3 is 0 Å². The molecular weight excluding hydrogens is 220 g/mol. The molecule has 0 fully saturated rings. The third kappa shape index (κ3) is 1.42. The largest absolute Gasteiger partial charge is 0.344 e. The Morgan fingerprint density at radius 1 is 1.06 bits per heavy atom. The Balaban J connectivity index is 2.18. The van der Waals surface area contributed by atoms with Crippen LogP contribution in [-0.2, 0) is 0 Å². The lowest BCUT2D eigenvalue weighted by Gasteiger charge is -2.06. The van der Waals surface area contributed by atoms with Crippen LogP contribution < -0.4 is 10.6 Å². The molecular formula is C11H8N4S. The van der Waals surface area contributed by atoms with Gasteiger partial charge in [0.2, 0.25) is 0 Å². The highest BCUT2D eigenvalue weighted by Gasteiger charge is 2.16. The molecule has 0 radical (unpaired) electrons. The number of thiocarbonyl (C=S) groups is 1. The molecule has 0 saturated carbocycles. The summed E-state index contributed by atoms with van der Waals surface area (Å²) in [5, 5.41) is 6.40. The van der Waals surface area contributed by atoms with Gasteiger partial charge in [0.25, 0.3) is 0 Å². The smallest absolute Gasteiger partial charge is 0.144 e. The summed E-state index contributed by atoms with van der Waals surface area (Å²) in [5.74, 6) is 0.734. The molecule has 4 nitrogen and oxygen atoms in total. The fourth-order valence-corrected chi connectivity index (χ4v) is 1.87. The molecule has 3 rings (SSSR count). The fraction of sp³-hybridized carbons (Fsp3) is 0. The monoisotopic (exact) mass is 228 g/mol. The number of anilines is 3. The lowest BCUT2D eigenvalue weighted by molar-refractivity contribution is 1.16. The second-order valence-corrected chi connectivity index (χ2v) is 3.82. The number of fused-ring (bicyclic) bond motifs is 2. The third-order valence-corrected chi connectivity index (χ3v) is 2.71. The Morgan fingerprint density at radius 2 is 1.81 bits per heavy atom. The van der Waals surface area contributed by atoms with E-state index in [4.69, 9.17) is 12.2 Å². The molecule has 2 heterocycles. The summed E-state index contributed by atoms with van der Waals surface area (Å²) in [6, 6.07) is 7.86. The van der Waals surface area contributed by atoms with Crippen LogP contribution in [0, 0.1) is 0 Å². The van der Waals surface area contributed by atoms with Gasteiger partial charge in [-0.05, 0) is 12.1 Å². The highest BCUT2D eigenvalue weighted by molar-refractivity contribution is 7.81. The second-order valence-electron chi connectivity index (χ2n) is 3.41. The number of nitrogens with one attached hydrogen (secondary N) is 2. The summed E-state index contributed by atoms with van der Waals surface area (Å²) >= 11 is 5.29. The zero-order chi connectivity index (χ0) is 11.0. The van der Waals surface area contributed by atoms with Crippen LogP contribution in [0.1, 0.15) is 5.56 Å². The van der Waals surface area contributed by atoms with E-state index >= 15 is 0 Å². The van der Waals surface area contributed by atoms with Crippen molar-refractivity contribution in [3.8, 4) is 0 Å². The Bertz CT molecular complexity index is 567. The number of nitrogens with zero attached hydrogens (tertiary/aromatic N) is 2. The lowest BCUT2D eigenvalue weighted by Crippen LogP contribution is -2.09. The van der Waals surface area contributed by atoms with Crippen molar-refractivity contribution in [2.75, 3.05) is 10.6 Å². The van der Waals surface area contributed by atoms with E-state index in [9.17, 15) is 0 Å². The second kappa shape index (κ2) is 3.53. The van der Waals surface area contributed by atoms with Gasteiger partial charge < -0.3 is 10.6 Å². The van der Waals surface area contributed by atoms with Crippen molar-refractivity contribution in [1.82, 2.24) is 9.97 Å². The normalized spacial score (nSPS) is 12.9. The molecule has 0 atom stereocenters. The molecule has 0 spiro atoms. The molecule has 0 unspecified atom stereocenters. The molecule has 1 aromatic heterocycles. The molecule has 0 bridgehead atoms. The van der Waals surface area contributed by atoms with Crippen molar-refractivity contribution in [3.63, 3.8) is 0 Å². The summed E-state index contributed by atoms with van der Waals surface area (Å²) in [6.45, 7) is 0. The first-order chi connectivity index (χ1) is 7.84. The summed E-state index contributed by atoms with van der Waals surface area (Å²) in [6.07, 6.45) is 3.21. The molecule has 5 heteroatoms. The minimum absolute atomic E-state index is 0.632. The number of aromatic nitrogens is 2. The Hall–Kier alpha value is -2.01. The molecule has 1 aliphatic rings. The Labute approximate surface area is 97.7 Å².